The maximum absolute atomic E-state index is 11.3. The molecule has 4 atom stereocenters. The second-order valence-corrected chi connectivity index (χ2v) is 12.1. The molecule has 2 unspecified atom stereocenters. The largest absolute Gasteiger partial charge is 0.508 e. The zero-order chi connectivity index (χ0) is 24.8. The Hall–Kier alpha value is -2.05. The predicted octanol–water partition coefficient (Wildman–Crippen LogP) is 4.97. The van der Waals surface area contributed by atoms with E-state index in [0.717, 1.165) is 54.7 Å². The van der Waals surface area contributed by atoms with Crippen LogP contribution >= 0.6 is 0 Å². The number of aliphatic carboxylic acids is 1. The molecule has 0 aromatic heterocycles. The number of likely N-dealkylation sites (tertiary alicyclic amines) is 1. The summed E-state index contributed by atoms with van der Waals surface area (Å²) in [5, 5.41) is 31.6. The average molecular weight is 472 g/mol. The number of benzene rings is 1. The number of allylic oxidation sites excluding steroid dienone is 1. The summed E-state index contributed by atoms with van der Waals surface area (Å²) in [5.74, 6) is 0.526. The van der Waals surface area contributed by atoms with Crippen LogP contribution in [0.3, 0.4) is 0 Å². The third-order valence-corrected chi connectivity index (χ3v) is 8.19. The molecule has 0 amide bonds. The number of phenolic OH excluding ortho intramolecular Hbond substituents is 1. The van der Waals surface area contributed by atoms with Crippen molar-refractivity contribution in [2.45, 2.75) is 102 Å². The zero-order valence-corrected chi connectivity index (χ0v) is 21.3. The van der Waals surface area contributed by atoms with Gasteiger partial charge in [-0.15, -0.1) is 0 Å². The van der Waals surface area contributed by atoms with E-state index in [1.807, 2.05) is 6.07 Å². The van der Waals surface area contributed by atoms with E-state index in [2.05, 4.69) is 51.7 Å². The predicted molar refractivity (Wildman–Crippen MR) is 133 cm³/mol. The van der Waals surface area contributed by atoms with E-state index in [4.69, 9.17) is 4.74 Å². The fourth-order valence-electron chi connectivity index (χ4n) is 6.20. The number of piperidine rings is 1. The minimum atomic E-state index is -0.780. The van der Waals surface area contributed by atoms with Gasteiger partial charge in [-0.3, -0.25) is 9.69 Å². The first-order valence-electron chi connectivity index (χ1n) is 12.8. The normalized spacial score (nSPS) is 27.7. The Morgan fingerprint density at radius 3 is 2.68 bits per heavy atom. The van der Waals surface area contributed by atoms with E-state index in [1.54, 1.807) is 0 Å². The lowest BCUT2D eigenvalue weighted by Gasteiger charge is -2.48. The van der Waals surface area contributed by atoms with Crippen molar-refractivity contribution in [2.24, 2.45) is 5.92 Å². The molecular weight excluding hydrogens is 430 g/mol. The fraction of sp³-hybridized carbons (Fsp3) is 0.679. The summed E-state index contributed by atoms with van der Waals surface area (Å²) in [5.41, 5.74) is 2.40. The van der Waals surface area contributed by atoms with Gasteiger partial charge >= 0.3 is 5.97 Å². The van der Waals surface area contributed by atoms with Crippen LogP contribution in [0.5, 0.6) is 11.5 Å². The van der Waals surface area contributed by atoms with Crippen LogP contribution < -0.4 is 4.74 Å². The third-order valence-electron chi connectivity index (χ3n) is 8.19. The number of aliphatic hydroxyl groups is 1. The van der Waals surface area contributed by atoms with Gasteiger partial charge in [0, 0.05) is 30.0 Å². The van der Waals surface area contributed by atoms with Gasteiger partial charge in [0.05, 0.1) is 12.5 Å². The van der Waals surface area contributed by atoms with Crippen LogP contribution in [-0.2, 0) is 10.2 Å². The molecule has 4 rings (SSSR count). The molecule has 3 aliphatic rings. The lowest BCUT2D eigenvalue weighted by atomic mass is 9.66. The van der Waals surface area contributed by atoms with Crippen molar-refractivity contribution in [1.82, 2.24) is 4.90 Å². The van der Waals surface area contributed by atoms with Crippen molar-refractivity contribution >= 4 is 5.97 Å². The van der Waals surface area contributed by atoms with Gasteiger partial charge < -0.3 is 20.1 Å². The molecule has 3 N–H and O–H groups in total. The first-order valence-corrected chi connectivity index (χ1v) is 12.8. The molecule has 1 fully saturated rings. The van der Waals surface area contributed by atoms with Crippen LogP contribution in [0.2, 0.25) is 0 Å². The topological polar surface area (TPSA) is 90.2 Å². The van der Waals surface area contributed by atoms with Crippen molar-refractivity contribution in [3.63, 3.8) is 0 Å². The Bertz CT molecular complexity index is 960. The Kier molecular flexibility index (Phi) is 6.78. The summed E-state index contributed by atoms with van der Waals surface area (Å²) in [4.78, 5) is 13.5. The molecule has 188 valence electrons. The highest BCUT2D eigenvalue weighted by molar-refractivity contribution is 5.67. The van der Waals surface area contributed by atoms with Crippen molar-refractivity contribution < 1.29 is 24.9 Å². The summed E-state index contributed by atoms with van der Waals surface area (Å²) >= 11 is 0. The summed E-state index contributed by atoms with van der Waals surface area (Å²) in [6, 6.07) is 3.93. The van der Waals surface area contributed by atoms with Crippen molar-refractivity contribution in [3.05, 3.63) is 34.9 Å². The molecule has 6 heteroatoms. The number of phenols is 1. The molecule has 6 nitrogen and oxygen atoms in total. The number of fused-ring (bicyclic) bond motifs is 3. The molecule has 34 heavy (non-hydrogen) atoms. The lowest BCUT2D eigenvalue weighted by Crippen LogP contribution is -2.47. The van der Waals surface area contributed by atoms with E-state index in [9.17, 15) is 20.1 Å². The molecular formula is C28H41NO5. The Labute approximate surface area is 203 Å². The maximum Gasteiger partial charge on any atom is 0.304 e. The van der Waals surface area contributed by atoms with Gasteiger partial charge in [-0.05, 0) is 74.8 Å². The zero-order valence-electron chi connectivity index (χ0n) is 21.3. The first kappa shape index (κ1) is 25.1. The molecule has 1 aromatic rings. The van der Waals surface area contributed by atoms with E-state index in [0.29, 0.717) is 13.0 Å². The number of β-amino-alcohol motifs (C(OH)–C–C–N with tert-alkyl or cyclic N) is 1. The molecule has 2 heterocycles. The standard InChI is InChI=1S/C28H41NO5/c1-27(2,3)18-13-22(30)26-20-12-17(9-10-21(20)28(4,5)34-24(26)14-18)23(31)16-29-11-7-6-8-19(29)15-25(32)33/h9,13-14,19-21,23,30-31H,6-8,10-12,15-16H2,1-5H3,(H,32,33)/t19?,20-,21-,23?/m1/s1. The third kappa shape index (κ3) is 4.99. The number of hydrogen-bond donors (Lipinski definition) is 3. The number of ether oxygens (including phenoxy) is 1. The Morgan fingerprint density at radius 1 is 1.26 bits per heavy atom. The monoisotopic (exact) mass is 471 g/mol. The van der Waals surface area contributed by atoms with E-state index in [-0.39, 0.29) is 41.1 Å². The summed E-state index contributed by atoms with van der Waals surface area (Å²) < 4.78 is 6.46. The quantitative estimate of drug-likeness (QED) is 0.525. The van der Waals surface area contributed by atoms with Crippen LogP contribution in [0, 0.1) is 5.92 Å². The lowest BCUT2D eigenvalue weighted by molar-refractivity contribution is -0.138. The van der Waals surface area contributed by atoms with E-state index in [1.165, 1.54) is 0 Å². The fourth-order valence-corrected chi connectivity index (χ4v) is 6.20. The molecule has 1 aliphatic carbocycles. The molecule has 1 saturated heterocycles. The molecule has 0 spiro atoms. The number of carboxylic acid groups (broad SMARTS) is 1. The second-order valence-electron chi connectivity index (χ2n) is 12.1. The molecule has 0 radical (unpaired) electrons. The van der Waals surface area contributed by atoms with Gasteiger partial charge in [0.2, 0.25) is 0 Å². The maximum atomic E-state index is 11.3. The summed E-state index contributed by atoms with van der Waals surface area (Å²) in [6.45, 7) is 11.9. The SMILES string of the molecule is CC(C)(C)c1cc(O)c2c(c1)OC(C)(C)[C@@H]1CC=C(C(O)CN3CCCCC3CC(=O)O)C[C@@H]21. The molecule has 0 bridgehead atoms. The molecule has 2 aliphatic heterocycles. The number of carboxylic acids is 1. The van der Waals surface area contributed by atoms with Crippen molar-refractivity contribution in [2.75, 3.05) is 13.1 Å². The number of aromatic hydroxyl groups is 1. The van der Waals surface area contributed by atoms with Gasteiger partial charge in [-0.25, -0.2) is 0 Å². The van der Waals surface area contributed by atoms with Crippen LogP contribution in [0.25, 0.3) is 0 Å². The smallest absolute Gasteiger partial charge is 0.304 e. The van der Waals surface area contributed by atoms with E-state index >= 15 is 0 Å². The number of nitrogens with zero attached hydrogens (tertiary/aromatic N) is 1. The first-order chi connectivity index (χ1) is 15.9. The number of carbonyl (C=O) groups is 1. The highest BCUT2D eigenvalue weighted by Crippen LogP contribution is 2.55. The van der Waals surface area contributed by atoms with Gasteiger partial charge in [-0.2, -0.15) is 0 Å². The number of aliphatic hydroxyl groups excluding tert-OH is 1. The minimum Gasteiger partial charge on any atom is -0.508 e. The van der Waals surface area contributed by atoms with Gasteiger partial charge in [0.15, 0.2) is 0 Å². The molecule has 0 saturated carbocycles. The van der Waals surface area contributed by atoms with Gasteiger partial charge in [0.1, 0.15) is 17.1 Å². The van der Waals surface area contributed by atoms with Gasteiger partial charge in [-0.1, -0.05) is 33.3 Å². The number of hydrogen-bond acceptors (Lipinski definition) is 5. The Morgan fingerprint density at radius 2 is 2.00 bits per heavy atom. The average Bonchev–Trinajstić information content (AvgIpc) is 2.73. The van der Waals surface area contributed by atoms with Crippen LogP contribution in [0.4, 0.5) is 0 Å². The number of rotatable bonds is 5. The van der Waals surface area contributed by atoms with Crippen molar-refractivity contribution in [1.29, 1.82) is 0 Å². The highest BCUT2D eigenvalue weighted by Gasteiger charge is 2.47. The Balaban J connectivity index is 1.58. The van der Waals surface area contributed by atoms with Crippen molar-refractivity contribution in [3.8, 4) is 11.5 Å². The van der Waals surface area contributed by atoms with Crippen LogP contribution in [0.1, 0.15) is 90.2 Å². The van der Waals surface area contributed by atoms with E-state index < -0.39 is 12.1 Å². The van der Waals surface area contributed by atoms with Crippen LogP contribution in [-0.4, -0.2) is 57.0 Å². The minimum absolute atomic E-state index is 0.0135. The van der Waals surface area contributed by atoms with Gasteiger partial charge in [0.25, 0.3) is 0 Å². The highest BCUT2D eigenvalue weighted by atomic mass is 16.5. The van der Waals surface area contributed by atoms with Crippen LogP contribution in [0.15, 0.2) is 23.8 Å². The summed E-state index contributed by atoms with van der Waals surface area (Å²) in [7, 11) is 0. The second kappa shape index (κ2) is 9.19. The molecule has 1 aromatic carbocycles. The summed E-state index contributed by atoms with van der Waals surface area (Å²) in [6.07, 6.45) is 6.03.